The van der Waals surface area contributed by atoms with Gasteiger partial charge in [0.1, 0.15) is 0 Å². The van der Waals surface area contributed by atoms with Crippen LogP contribution in [-0.2, 0) is 0 Å². The van der Waals surface area contributed by atoms with Crippen molar-refractivity contribution in [2.24, 2.45) is 4.99 Å². The summed E-state index contributed by atoms with van der Waals surface area (Å²) >= 11 is 0. The molecule has 4 N–H and O–H groups in total. The fraction of sp³-hybridized carbons (Fsp3) is 0.139. The molecule has 1 aromatic carbocycles. The number of methoxy groups -OCH3 is 3. The fourth-order valence-corrected chi connectivity index (χ4v) is 6.52. The van der Waals surface area contributed by atoms with Gasteiger partial charge < -0.3 is 38.6 Å². The molecule has 0 amide bonds. The number of H-pyrrole nitrogens is 4. The summed E-state index contributed by atoms with van der Waals surface area (Å²) < 4.78 is 49.1. The van der Waals surface area contributed by atoms with Gasteiger partial charge in [-0.2, -0.15) is 0 Å². The van der Waals surface area contributed by atoms with Crippen LogP contribution in [0.25, 0.3) is 5.57 Å². The number of aromatic amines is 4. The first-order chi connectivity index (χ1) is 23.5. The third-order valence-electron chi connectivity index (χ3n) is 8.60. The first kappa shape index (κ1) is 30.7. The number of rotatable bonds is 12. The molecule has 242 valence electrons. The van der Waals surface area contributed by atoms with Crippen molar-refractivity contribution in [1.82, 2.24) is 24.4 Å². The molecule has 7 rings (SSSR count). The van der Waals surface area contributed by atoms with E-state index in [4.69, 9.17) is 19.2 Å². The highest BCUT2D eigenvalue weighted by Gasteiger charge is 2.34. The predicted molar refractivity (Wildman–Crippen MR) is 182 cm³/mol. The Labute approximate surface area is 276 Å². The van der Waals surface area contributed by atoms with Gasteiger partial charge >= 0.3 is 7.40 Å². The smallest absolute Gasteiger partial charge is 0.493 e. The SMILES string of the molecule is COc1cc(/C(=C2\C=CC(C(c3ccc[nH]3)c3ccc[nH]3)=N2)c2ccc(C(c3ccc[nH]3)c3ccc[nH]3)n2B(F)F)cc(OC)c1OC. The van der Waals surface area contributed by atoms with Gasteiger partial charge in [0.2, 0.25) is 5.75 Å². The molecular formula is C36H33BF2N6O3. The van der Waals surface area contributed by atoms with Crippen LogP contribution in [0, 0.1) is 0 Å². The van der Waals surface area contributed by atoms with Gasteiger partial charge in [-0.25, -0.2) is 0 Å². The second-order valence-corrected chi connectivity index (χ2v) is 11.2. The molecule has 0 unspecified atom stereocenters. The van der Waals surface area contributed by atoms with Crippen molar-refractivity contribution in [1.29, 1.82) is 0 Å². The summed E-state index contributed by atoms with van der Waals surface area (Å²) in [6.07, 6.45) is 11.1. The Kier molecular flexibility index (Phi) is 8.37. The van der Waals surface area contributed by atoms with Gasteiger partial charge in [0.15, 0.2) is 11.5 Å². The summed E-state index contributed by atoms with van der Waals surface area (Å²) in [4.78, 5) is 18.2. The Balaban J connectivity index is 1.48. The molecule has 5 aromatic heterocycles. The topological polar surface area (TPSA) is 108 Å². The molecule has 6 aromatic rings. The highest BCUT2D eigenvalue weighted by Crippen LogP contribution is 2.44. The summed E-state index contributed by atoms with van der Waals surface area (Å²) in [5.74, 6) is 0.400. The van der Waals surface area contributed by atoms with E-state index < -0.39 is 13.3 Å². The fourth-order valence-electron chi connectivity index (χ4n) is 6.52. The van der Waals surface area contributed by atoms with E-state index in [0.29, 0.717) is 39.8 Å². The first-order valence-corrected chi connectivity index (χ1v) is 15.4. The van der Waals surface area contributed by atoms with E-state index in [1.807, 2.05) is 73.1 Å². The van der Waals surface area contributed by atoms with Crippen LogP contribution in [-0.4, -0.2) is 58.9 Å². The molecule has 9 nitrogen and oxygen atoms in total. The van der Waals surface area contributed by atoms with E-state index in [-0.39, 0.29) is 11.6 Å². The standard InChI is InChI=1S/C36H33BF2N6O3/c1-46-31-20-22(21-32(47-2)36(31)48-3)33(27-12-13-28(44-27)34(23-8-4-16-40-23)24-9-5-17-41-24)29-14-15-30(45(29)37(38)39)35(25-10-6-18-42-25)26-11-7-19-43-26/h4-21,34-35,40-43H,1-3H3/b33-27-. The molecule has 0 saturated heterocycles. The van der Waals surface area contributed by atoms with Crippen LogP contribution < -0.4 is 14.2 Å². The van der Waals surface area contributed by atoms with E-state index >= 15 is 8.63 Å². The summed E-state index contributed by atoms with van der Waals surface area (Å²) in [7, 11) is 1.68. The summed E-state index contributed by atoms with van der Waals surface area (Å²) in [5, 5.41) is 0. The maximum Gasteiger partial charge on any atom is 0.677 e. The maximum absolute atomic E-state index is 15.5. The van der Waals surface area contributed by atoms with Gasteiger partial charge in [0.25, 0.3) is 0 Å². The number of halogens is 2. The largest absolute Gasteiger partial charge is 0.677 e. The molecule has 12 heteroatoms. The molecule has 48 heavy (non-hydrogen) atoms. The van der Waals surface area contributed by atoms with Crippen molar-refractivity contribution in [3.63, 3.8) is 0 Å². The molecule has 0 bridgehead atoms. The Hall–Kier alpha value is -5.91. The Bertz CT molecular complexity index is 1980. The van der Waals surface area contributed by atoms with Crippen LogP contribution in [0.15, 0.2) is 120 Å². The van der Waals surface area contributed by atoms with Crippen molar-refractivity contribution in [2.75, 3.05) is 21.3 Å². The van der Waals surface area contributed by atoms with E-state index in [1.165, 1.54) is 21.3 Å². The zero-order valence-corrected chi connectivity index (χ0v) is 26.5. The molecule has 0 saturated carbocycles. The highest BCUT2D eigenvalue weighted by molar-refractivity contribution is 6.41. The first-order valence-electron chi connectivity index (χ1n) is 15.4. The number of hydrogen-bond donors (Lipinski definition) is 4. The number of hydrogen-bond acceptors (Lipinski definition) is 4. The van der Waals surface area contributed by atoms with Gasteiger partial charge in [0, 0.05) is 64.5 Å². The molecular weight excluding hydrogens is 613 g/mol. The lowest BCUT2D eigenvalue weighted by atomic mass is 9.95. The van der Waals surface area contributed by atoms with Gasteiger partial charge in [-0.1, -0.05) is 0 Å². The van der Waals surface area contributed by atoms with Gasteiger partial charge in [-0.3, -0.25) is 13.6 Å². The van der Waals surface area contributed by atoms with Gasteiger partial charge in [-0.15, -0.1) is 0 Å². The molecule has 1 aliphatic heterocycles. The number of nitrogens with zero attached hydrogens (tertiary/aromatic N) is 2. The third-order valence-corrected chi connectivity index (χ3v) is 8.60. The van der Waals surface area contributed by atoms with Gasteiger partial charge in [-0.05, 0) is 90.5 Å². The van der Waals surface area contributed by atoms with E-state index in [9.17, 15) is 0 Å². The van der Waals surface area contributed by atoms with Gasteiger partial charge in [0.05, 0.1) is 44.6 Å². The number of ether oxygens (including phenoxy) is 3. The van der Waals surface area contributed by atoms with Crippen molar-refractivity contribution >= 4 is 18.7 Å². The van der Waals surface area contributed by atoms with Crippen LogP contribution in [0.4, 0.5) is 8.63 Å². The molecule has 0 atom stereocenters. The summed E-state index contributed by atoms with van der Waals surface area (Å²) in [6.45, 7) is 0. The van der Waals surface area contributed by atoms with Crippen molar-refractivity contribution in [2.45, 2.75) is 11.8 Å². The molecule has 6 heterocycles. The normalized spacial score (nSPS) is 13.8. The number of benzene rings is 1. The molecule has 0 radical (unpaired) electrons. The number of aliphatic imine (C=N–C) groups is 1. The Morgan fingerprint density at radius 2 is 1.21 bits per heavy atom. The van der Waals surface area contributed by atoms with Crippen LogP contribution in [0.5, 0.6) is 17.2 Å². The van der Waals surface area contributed by atoms with Crippen LogP contribution in [0.2, 0.25) is 0 Å². The lowest BCUT2D eigenvalue weighted by Gasteiger charge is -2.21. The average molecular weight is 647 g/mol. The number of aromatic nitrogens is 5. The average Bonchev–Trinajstić information content (AvgIpc) is 3.95. The van der Waals surface area contributed by atoms with E-state index in [0.717, 1.165) is 33.0 Å². The molecule has 1 aliphatic rings. The zero-order chi connectivity index (χ0) is 33.2. The Morgan fingerprint density at radius 1 is 0.688 bits per heavy atom. The maximum atomic E-state index is 15.5. The minimum Gasteiger partial charge on any atom is -0.493 e. The zero-order valence-electron chi connectivity index (χ0n) is 26.5. The van der Waals surface area contributed by atoms with E-state index in [1.54, 1.807) is 36.7 Å². The summed E-state index contributed by atoms with van der Waals surface area (Å²) in [5.41, 5.74) is 6.38. The molecule has 0 aliphatic carbocycles. The van der Waals surface area contributed by atoms with Crippen LogP contribution in [0.1, 0.15) is 51.6 Å². The lowest BCUT2D eigenvalue weighted by Crippen LogP contribution is -2.22. The molecule has 0 spiro atoms. The van der Waals surface area contributed by atoms with Crippen molar-refractivity contribution in [3.05, 3.63) is 155 Å². The second-order valence-electron chi connectivity index (χ2n) is 11.2. The van der Waals surface area contributed by atoms with Crippen molar-refractivity contribution < 1.29 is 22.8 Å². The minimum atomic E-state index is -2.88. The Morgan fingerprint density at radius 3 is 1.65 bits per heavy atom. The van der Waals surface area contributed by atoms with Crippen molar-refractivity contribution in [3.8, 4) is 17.2 Å². The quantitative estimate of drug-likeness (QED) is 0.104. The second kappa shape index (κ2) is 13.1. The lowest BCUT2D eigenvalue weighted by molar-refractivity contribution is 0.324. The van der Waals surface area contributed by atoms with Crippen LogP contribution in [0.3, 0.4) is 0 Å². The number of nitrogens with one attached hydrogen (secondary N) is 4. The summed E-state index contributed by atoms with van der Waals surface area (Å²) in [6, 6.07) is 22.4. The minimum absolute atomic E-state index is 0.243. The monoisotopic (exact) mass is 646 g/mol. The molecule has 0 fully saturated rings. The van der Waals surface area contributed by atoms with Crippen LogP contribution >= 0.6 is 0 Å². The highest BCUT2D eigenvalue weighted by atomic mass is 19.2. The number of allylic oxidation sites excluding steroid dienone is 2. The third kappa shape index (κ3) is 5.44. The predicted octanol–water partition coefficient (Wildman–Crippen LogP) is 7.38. The van der Waals surface area contributed by atoms with E-state index in [2.05, 4.69) is 19.9 Å².